The molecule has 0 spiro atoms. The number of pyridine rings is 1. The summed E-state index contributed by atoms with van der Waals surface area (Å²) in [5.41, 5.74) is 6.48. The number of rotatable bonds is 2. The standard InChI is InChI=1S/C7H8Br2N2O/c8-5-2-11-7(9)1-4(5)6(10)3-12/h1-2,6,12H,3,10H2. The molecule has 5 heteroatoms. The molecule has 0 aliphatic heterocycles. The molecule has 0 bridgehead atoms. The number of nitrogens with two attached hydrogens (primary N) is 1. The maximum Gasteiger partial charge on any atom is 0.106 e. The highest BCUT2D eigenvalue weighted by atomic mass is 79.9. The van der Waals surface area contributed by atoms with Crippen LogP contribution in [0.2, 0.25) is 0 Å². The summed E-state index contributed by atoms with van der Waals surface area (Å²) in [5.74, 6) is 0. The molecular weight excluding hydrogens is 288 g/mol. The van der Waals surface area contributed by atoms with Gasteiger partial charge in [0.15, 0.2) is 0 Å². The highest BCUT2D eigenvalue weighted by molar-refractivity contribution is 9.11. The van der Waals surface area contributed by atoms with Crippen molar-refractivity contribution in [2.45, 2.75) is 6.04 Å². The van der Waals surface area contributed by atoms with Crippen LogP contribution in [0, 0.1) is 0 Å². The van der Waals surface area contributed by atoms with Crippen LogP contribution in [0.25, 0.3) is 0 Å². The zero-order valence-corrected chi connectivity index (χ0v) is 9.34. The van der Waals surface area contributed by atoms with E-state index in [1.807, 2.05) is 0 Å². The van der Waals surface area contributed by atoms with Crippen LogP contribution in [-0.4, -0.2) is 16.7 Å². The van der Waals surface area contributed by atoms with E-state index in [0.717, 1.165) is 10.0 Å². The Balaban J connectivity index is 3.04. The molecule has 0 saturated carbocycles. The van der Waals surface area contributed by atoms with Gasteiger partial charge in [0.05, 0.1) is 12.6 Å². The number of hydrogen-bond acceptors (Lipinski definition) is 3. The molecule has 66 valence electrons. The van der Waals surface area contributed by atoms with E-state index < -0.39 is 0 Å². The molecule has 0 fully saturated rings. The van der Waals surface area contributed by atoms with Crippen LogP contribution >= 0.6 is 31.9 Å². The Labute approximate surface area is 87.3 Å². The van der Waals surface area contributed by atoms with Crippen LogP contribution in [0.4, 0.5) is 0 Å². The van der Waals surface area contributed by atoms with Gasteiger partial charge >= 0.3 is 0 Å². The van der Waals surface area contributed by atoms with Gasteiger partial charge in [0.25, 0.3) is 0 Å². The molecule has 3 nitrogen and oxygen atoms in total. The van der Waals surface area contributed by atoms with Crippen molar-refractivity contribution in [2.75, 3.05) is 6.61 Å². The van der Waals surface area contributed by atoms with Crippen molar-refractivity contribution in [1.82, 2.24) is 4.98 Å². The van der Waals surface area contributed by atoms with Crippen LogP contribution in [0.1, 0.15) is 11.6 Å². The van der Waals surface area contributed by atoms with E-state index >= 15 is 0 Å². The first kappa shape index (κ1) is 10.1. The maximum atomic E-state index is 8.82. The Hall–Kier alpha value is 0.0300. The third kappa shape index (κ3) is 2.26. The van der Waals surface area contributed by atoms with Crippen molar-refractivity contribution in [2.24, 2.45) is 5.73 Å². The van der Waals surface area contributed by atoms with Gasteiger partial charge in [0, 0.05) is 10.7 Å². The quantitative estimate of drug-likeness (QED) is 0.815. The highest BCUT2D eigenvalue weighted by Crippen LogP contribution is 2.23. The molecular formula is C7H8Br2N2O. The summed E-state index contributed by atoms with van der Waals surface area (Å²) in [6, 6.07) is 1.42. The Morgan fingerprint density at radius 1 is 1.58 bits per heavy atom. The minimum atomic E-state index is -0.362. The van der Waals surface area contributed by atoms with Gasteiger partial charge in [0.1, 0.15) is 4.60 Å². The summed E-state index contributed by atoms with van der Waals surface area (Å²) in [4.78, 5) is 3.99. The fourth-order valence-electron chi connectivity index (χ4n) is 0.810. The molecule has 1 unspecified atom stereocenters. The summed E-state index contributed by atoms with van der Waals surface area (Å²) in [5, 5.41) is 8.82. The van der Waals surface area contributed by atoms with Gasteiger partial charge in [-0.2, -0.15) is 0 Å². The largest absolute Gasteiger partial charge is 0.394 e. The number of nitrogens with zero attached hydrogens (tertiary/aromatic N) is 1. The molecule has 3 N–H and O–H groups in total. The second-order valence-electron chi connectivity index (χ2n) is 2.32. The summed E-state index contributed by atoms with van der Waals surface area (Å²) in [6.45, 7) is -0.0744. The molecule has 1 heterocycles. The lowest BCUT2D eigenvalue weighted by molar-refractivity contribution is 0.267. The van der Waals surface area contributed by atoms with Crippen molar-refractivity contribution in [3.63, 3.8) is 0 Å². The van der Waals surface area contributed by atoms with E-state index in [0.29, 0.717) is 4.60 Å². The van der Waals surface area contributed by atoms with Crippen molar-refractivity contribution >= 4 is 31.9 Å². The molecule has 0 amide bonds. The summed E-state index contributed by atoms with van der Waals surface area (Å²) in [7, 11) is 0. The van der Waals surface area contributed by atoms with Gasteiger partial charge in [0.2, 0.25) is 0 Å². The fourth-order valence-corrected chi connectivity index (χ4v) is 1.67. The van der Waals surface area contributed by atoms with Gasteiger partial charge in [-0.3, -0.25) is 0 Å². The molecule has 0 saturated heterocycles. The van der Waals surface area contributed by atoms with E-state index in [1.165, 1.54) is 0 Å². The van der Waals surface area contributed by atoms with Crippen LogP contribution in [-0.2, 0) is 0 Å². The molecule has 0 aliphatic rings. The van der Waals surface area contributed by atoms with Gasteiger partial charge in [-0.15, -0.1) is 0 Å². The minimum Gasteiger partial charge on any atom is -0.394 e. The number of hydrogen-bond donors (Lipinski definition) is 2. The van der Waals surface area contributed by atoms with Crippen molar-refractivity contribution in [3.8, 4) is 0 Å². The average Bonchev–Trinajstić information content (AvgIpc) is 2.08. The van der Waals surface area contributed by atoms with E-state index in [4.69, 9.17) is 10.8 Å². The lowest BCUT2D eigenvalue weighted by Crippen LogP contribution is -2.15. The van der Waals surface area contributed by atoms with Crippen LogP contribution in [0.15, 0.2) is 21.3 Å². The zero-order valence-electron chi connectivity index (χ0n) is 6.17. The Morgan fingerprint density at radius 2 is 2.25 bits per heavy atom. The lowest BCUT2D eigenvalue weighted by Gasteiger charge is -2.10. The van der Waals surface area contributed by atoms with Crippen molar-refractivity contribution in [3.05, 3.63) is 26.9 Å². The third-order valence-corrected chi connectivity index (χ3v) is 2.54. The molecule has 1 rings (SSSR count). The Morgan fingerprint density at radius 3 is 2.83 bits per heavy atom. The molecule has 1 atom stereocenters. The average molecular weight is 296 g/mol. The molecule has 0 aromatic carbocycles. The topological polar surface area (TPSA) is 59.1 Å². The second kappa shape index (κ2) is 4.32. The molecule has 0 radical (unpaired) electrons. The fraction of sp³-hybridized carbons (Fsp3) is 0.286. The SMILES string of the molecule is NC(CO)c1cc(Br)ncc1Br. The first-order chi connectivity index (χ1) is 5.65. The van der Waals surface area contributed by atoms with Gasteiger partial charge in [-0.05, 0) is 43.5 Å². The predicted octanol–water partition coefficient (Wildman–Crippen LogP) is 1.60. The van der Waals surface area contributed by atoms with Gasteiger partial charge in [-0.1, -0.05) is 0 Å². The second-order valence-corrected chi connectivity index (χ2v) is 3.98. The van der Waals surface area contributed by atoms with E-state index in [-0.39, 0.29) is 12.6 Å². The van der Waals surface area contributed by atoms with E-state index in [9.17, 15) is 0 Å². The van der Waals surface area contributed by atoms with Gasteiger partial charge in [-0.25, -0.2) is 4.98 Å². The number of halogens is 2. The predicted molar refractivity (Wildman–Crippen MR) is 53.7 cm³/mol. The maximum absolute atomic E-state index is 8.82. The van der Waals surface area contributed by atoms with Crippen LogP contribution < -0.4 is 5.73 Å². The van der Waals surface area contributed by atoms with Crippen LogP contribution in [0.5, 0.6) is 0 Å². The first-order valence-electron chi connectivity index (χ1n) is 3.32. The van der Waals surface area contributed by atoms with Crippen molar-refractivity contribution in [1.29, 1.82) is 0 Å². The van der Waals surface area contributed by atoms with Crippen molar-refractivity contribution < 1.29 is 5.11 Å². The summed E-state index contributed by atoms with van der Waals surface area (Å²) < 4.78 is 1.52. The highest BCUT2D eigenvalue weighted by Gasteiger charge is 2.09. The minimum absolute atomic E-state index is 0.0744. The molecule has 1 aromatic heterocycles. The zero-order chi connectivity index (χ0) is 9.14. The number of aromatic nitrogens is 1. The van der Waals surface area contributed by atoms with E-state index in [2.05, 4.69) is 36.8 Å². The third-order valence-electron chi connectivity index (χ3n) is 1.45. The van der Waals surface area contributed by atoms with E-state index in [1.54, 1.807) is 12.3 Å². The number of aliphatic hydroxyl groups excluding tert-OH is 1. The molecule has 12 heavy (non-hydrogen) atoms. The van der Waals surface area contributed by atoms with Gasteiger partial charge < -0.3 is 10.8 Å². The Bertz CT molecular complexity index is 280. The Kier molecular flexibility index (Phi) is 3.64. The van der Waals surface area contributed by atoms with Crippen LogP contribution in [0.3, 0.4) is 0 Å². The normalized spacial score (nSPS) is 13.0. The monoisotopic (exact) mass is 294 g/mol. The number of aliphatic hydroxyl groups is 1. The summed E-state index contributed by atoms with van der Waals surface area (Å²) in [6.07, 6.45) is 1.65. The lowest BCUT2D eigenvalue weighted by atomic mass is 10.1. The summed E-state index contributed by atoms with van der Waals surface area (Å²) >= 11 is 6.52. The molecule has 1 aromatic rings. The molecule has 0 aliphatic carbocycles. The first-order valence-corrected chi connectivity index (χ1v) is 4.91. The smallest absolute Gasteiger partial charge is 0.106 e.